The Morgan fingerprint density at radius 3 is 2.32 bits per heavy atom. The monoisotopic (exact) mass is 247 g/mol. The third-order valence-corrected chi connectivity index (χ3v) is 3.36. The van der Waals surface area contributed by atoms with Crippen LogP contribution in [0.4, 0.5) is 5.69 Å². The smallest absolute Gasteiger partial charge is 0.0401 e. The maximum atomic E-state index is 3.45. The summed E-state index contributed by atoms with van der Waals surface area (Å²) in [6, 6.07) is 23.6. The van der Waals surface area contributed by atoms with E-state index in [4.69, 9.17) is 0 Å². The first kappa shape index (κ1) is 11.8. The summed E-state index contributed by atoms with van der Waals surface area (Å²) in [6.45, 7) is 2.96. The van der Waals surface area contributed by atoms with Crippen LogP contribution < -0.4 is 5.32 Å². The van der Waals surface area contributed by atoms with Crippen molar-refractivity contribution in [2.75, 3.05) is 5.32 Å². The van der Waals surface area contributed by atoms with Crippen molar-refractivity contribution in [2.24, 2.45) is 0 Å². The Bertz CT molecular complexity index is 683. The molecule has 0 saturated carbocycles. The van der Waals surface area contributed by atoms with Crippen LogP contribution >= 0.6 is 0 Å². The zero-order valence-corrected chi connectivity index (χ0v) is 11.1. The molecule has 0 aliphatic rings. The molecule has 94 valence electrons. The number of fused-ring (bicyclic) bond motifs is 1. The summed E-state index contributed by atoms with van der Waals surface area (Å²) in [6.07, 6.45) is 0. The van der Waals surface area contributed by atoms with Crippen molar-refractivity contribution in [3.63, 3.8) is 0 Å². The number of rotatable bonds is 3. The molecule has 1 nitrogen and oxygen atoms in total. The molecule has 0 aromatic heterocycles. The summed E-state index contributed by atoms with van der Waals surface area (Å²) >= 11 is 0. The minimum Gasteiger partial charge on any atom is -0.381 e. The second-order valence-electron chi connectivity index (χ2n) is 4.90. The second kappa shape index (κ2) is 5.15. The minimum atomic E-state index is 0.855. The SMILES string of the molecule is Cc1ccc(NCc2ccc3ccccc3c2)cc1. The highest BCUT2D eigenvalue weighted by atomic mass is 14.9. The topological polar surface area (TPSA) is 12.0 Å². The van der Waals surface area contributed by atoms with Crippen molar-refractivity contribution < 1.29 is 0 Å². The summed E-state index contributed by atoms with van der Waals surface area (Å²) in [7, 11) is 0. The lowest BCUT2D eigenvalue weighted by Crippen LogP contribution is -1.99. The zero-order valence-electron chi connectivity index (χ0n) is 11.1. The van der Waals surface area contributed by atoms with Crippen LogP contribution in [0.1, 0.15) is 11.1 Å². The Kier molecular flexibility index (Phi) is 3.20. The summed E-state index contributed by atoms with van der Waals surface area (Å²) in [5.41, 5.74) is 3.76. The molecule has 0 heterocycles. The molecule has 1 heteroatoms. The Hall–Kier alpha value is -2.28. The number of hydrogen-bond donors (Lipinski definition) is 1. The van der Waals surface area contributed by atoms with Crippen LogP contribution in [0.3, 0.4) is 0 Å². The fraction of sp³-hybridized carbons (Fsp3) is 0.111. The van der Waals surface area contributed by atoms with E-state index in [1.165, 1.54) is 27.6 Å². The van der Waals surface area contributed by atoms with Gasteiger partial charge >= 0.3 is 0 Å². The van der Waals surface area contributed by atoms with Crippen molar-refractivity contribution in [2.45, 2.75) is 13.5 Å². The van der Waals surface area contributed by atoms with Crippen molar-refractivity contribution in [1.29, 1.82) is 0 Å². The zero-order chi connectivity index (χ0) is 13.1. The van der Waals surface area contributed by atoms with Crippen molar-refractivity contribution in [3.8, 4) is 0 Å². The summed E-state index contributed by atoms with van der Waals surface area (Å²) in [5, 5.41) is 6.04. The average Bonchev–Trinajstić information content (AvgIpc) is 2.46. The van der Waals surface area contributed by atoms with E-state index in [-0.39, 0.29) is 0 Å². The van der Waals surface area contributed by atoms with Crippen molar-refractivity contribution in [1.82, 2.24) is 0 Å². The number of benzene rings is 3. The van der Waals surface area contributed by atoms with Crippen LogP contribution in [0.2, 0.25) is 0 Å². The molecule has 0 spiro atoms. The molecule has 0 fully saturated rings. The first-order valence-electron chi connectivity index (χ1n) is 6.59. The van der Waals surface area contributed by atoms with Crippen LogP contribution in [0.25, 0.3) is 10.8 Å². The Morgan fingerprint density at radius 2 is 1.53 bits per heavy atom. The maximum Gasteiger partial charge on any atom is 0.0401 e. The molecule has 3 aromatic rings. The Morgan fingerprint density at radius 1 is 0.789 bits per heavy atom. The van der Waals surface area contributed by atoms with Crippen LogP contribution in [0.5, 0.6) is 0 Å². The molecule has 0 aliphatic carbocycles. The van der Waals surface area contributed by atoms with Gasteiger partial charge in [-0.2, -0.15) is 0 Å². The summed E-state index contributed by atoms with van der Waals surface area (Å²) < 4.78 is 0. The molecule has 3 aromatic carbocycles. The minimum absolute atomic E-state index is 0.855. The quantitative estimate of drug-likeness (QED) is 0.703. The van der Waals surface area contributed by atoms with Gasteiger partial charge in [-0.25, -0.2) is 0 Å². The number of hydrogen-bond acceptors (Lipinski definition) is 1. The van der Waals surface area contributed by atoms with Crippen LogP contribution in [-0.2, 0) is 6.54 Å². The number of anilines is 1. The second-order valence-corrected chi connectivity index (χ2v) is 4.90. The van der Waals surface area contributed by atoms with Crippen molar-refractivity contribution in [3.05, 3.63) is 77.9 Å². The molecule has 3 rings (SSSR count). The highest BCUT2D eigenvalue weighted by Gasteiger charge is 1.97. The average molecular weight is 247 g/mol. The molecule has 0 amide bonds. The van der Waals surface area contributed by atoms with E-state index in [0.29, 0.717) is 0 Å². The molecule has 1 N–H and O–H groups in total. The number of aryl methyl sites for hydroxylation is 1. The van der Waals surface area contributed by atoms with Crippen LogP contribution in [-0.4, -0.2) is 0 Å². The molecule has 0 saturated heterocycles. The molecule has 0 atom stereocenters. The molecule has 0 radical (unpaired) electrons. The van der Waals surface area contributed by atoms with Gasteiger partial charge in [0.2, 0.25) is 0 Å². The first-order valence-corrected chi connectivity index (χ1v) is 6.59. The van der Waals surface area contributed by atoms with Gasteiger partial charge in [-0.3, -0.25) is 0 Å². The van der Waals surface area contributed by atoms with E-state index in [1.54, 1.807) is 0 Å². The lowest BCUT2D eigenvalue weighted by atomic mass is 10.1. The molecular formula is C18H17N. The highest BCUT2D eigenvalue weighted by Crippen LogP contribution is 2.17. The summed E-state index contributed by atoms with van der Waals surface area (Å²) in [5.74, 6) is 0. The van der Waals surface area contributed by atoms with Gasteiger partial charge in [-0.05, 0) is 41.5 Å². The Balaban J connectivity index is 1.76. The standard InChI is InChI=1S/C18H17N/c1-14-6-10-18(11-7-14)19-13-15-8-9-16-4-2-3-5-17(16)12-15/h2-12,19H,13H2,1H3. The third kappa shape index (κ3) is 2.76. The largest absolute Gasteiger partial charge is 0.381 e. The molecule has 0 bridgehead atoms. The molecule has 0 unspecified atom stereocenters. The Labute approximate surface area is 113 Å². The summed E-state index contributed by atoms with van der Waals surface area (Å²) in [4.78, 5) is 0. The van der Waals surface area contributed by atoms with Gasteiger partial charge in [0.1, 0.15) is 0 Å². The van der Waals surface area contributed by atoms with E-state index in [0.717, 1.165) is 6.54 Å². The van der Waals surface area contributed by atoms with E-state index in [9.17, 15) is 0 Å². The van der Waals surface area contributed by atoms with Gasteiger partial charge in [0, 0.05) is 12.2 Å². The highest BCUT2D eigenvalue weighted by molar-refractivity contribution is 5.83. The predicted molar refractivity (Wildman–Crippen MR) is 82.5 cm³/mol. The third-order valence-electron chi connectivity index (χ3n) is 3.36. The lowest BCUT2D eigenvalue weighted by molar-refractivity contribution is 1.15. The first-order chi connectivity index (χ1) is 9.31. The van der Waals surface area contributed by atoms with E-state index < -0.39 is 0 Å². The van der Waals surface area contributed by atoms with E-state index >= 15 is 0 Å². The molecule has 19 heavy (non-hydrogen) atoms. The van der Waals surface area contributed by atoms with Crippen LogP contribution in [0, 0.1) is 6.92 Å². The lowest BCUT2D eigenvalue weighted by Gasteiger charge is -2.08. The van der Waals surface area contributed by atoms with Gasteiger partial charge in [0.05, 0.1) is 0 Å². The van der Waals surface area contributed by atoms with Crippen molar-refractivity contribution >= 4 is 16.5 Å². The molecule has 0 aliphatic heterocycles. The van der Waals surface area contributed by atoms with Crippen LogP contribution in [0.15, 0.2) is 66.7 Å². The number of nitrogens with one attached hydrogen (secondary N) is 1. The van der Waals surface area contributed by atoms with E-state index in [1.807, 2.05) is 0 Å². The van der Waals surface area contributed by atoms with E-state index in [2.05, 4.69) is 79.0 Å². The normalized spacial score (nSPS) is 10.6. The fourth-order valence-corrected chi connectivity index (χ4v) is 2.22. The maximum absolute atomic E-state index is 3.45. The predicted octanol–water partition coefficient (Wildman–Crippen LogP) is 4.76. The van der Waals surface area contributed by atoms with Gasteiger partial charge < -0.3 is 5.32 Å². The van der Waals surface area contributed by atoms with Gasteiger partial charge in [-0.1, -0.05) is 54.1 Å². The van der Waals surface area contributed by atoms with Gasteiger partial charge in [-0.15, -0.1) is 0 Å². The van der Waals surface area contributed by atoms with Gasteiger partial charge in [0.15, 0.2) is 0 Å². The fourth-order valence-electron chi connectivity index (χ4n) is 2.22. The van der Waals surface area contributed by atoms with Gasteiger partial charge in [0.25, 0.3) is 0 Å². The molecular weight excluding hydrogens is 230 g/mol.